The Kier molecular flexibility index (Phi) is 6.90. The Morgan fingerprint density at radius 1 is 0.327 bits per heavy atom. The van der Waals surface area contributed by atoms with Gasteiger partial charge in [0.2, 0.25) is 0 Å². The molecule has 0 saturated heterocycles. The van der Waals surface area contributed by atoms with Crippen molar-refractivity contribution in [2.24, 2.45) is 0 Å². The highest BCUT2D eigenvalue weighted by Crippen LogP contribution is 2.42. The Balaban J connectivity index is 0.946. The van der Waals surface area contributed by atoms with E-state index in [2.05, 4.69) is 114 Å². The van der Waals surface area contributed by atoms with E-state index in [0.717, 1.165) is 27.9 Å². The summed E-state index contributed by atoms with van der Waals surface area (Å²) in [5.41, 5.74) is 12.6. The van der Waals surface area contributed by atoms with Crippen LogP contribution in [0.3, 0.4) is 0 Å². The summed E-state index contributed by atoms with van der Waals surface area (Å²) in [6, 6.07) is 60.2. The van der Waals surface area contributed by atoms with Crippen molar-refractivity contribution in [3.63, 3.8) is 0 Å². The van der Waals surface area contributed by atoms with E-state index >= 15 is 0 Å². The molecule has 2 heterocycles. The van der Waals surface area contributed by atoms with E-state index in [1.807, 2.05) is 41.3 Å². The first-order valence-electron chi connectivity index (χ1n) is 17.4. The van der Waals surface area contributed by atoms with Crippen LogP contribution in [0, 0.1) is 11.6 Å². The van der Waals surface area contributed by atoms with Crippen LogP contribution >= 0.6 is 0 Å². The van der Waals surface area contributed by atoms with E-state index in [1.54, 1.807) is 12.1 Å². The van der Waals surface area contributed by atoms with Crippen LogP contribution in [0.15, 0.2) is 182 Å². The molecule has 4 heteroatoms. The molecule has 2 aromatic heterocycles. The second-order valence-corrected chi connectivity index (χ2v) is 13.3. The van der Waals surface area contributed by atoms with Crippen LogP contribution in [0.1, 0.15) is 0 Å². The SMILES string of the molecule is Fc1cccc(N(c2ccc(-c3ccc(-c4ccc(-c5cc6c7ccccc7n7c8ccccc8c(c5)c67)cc4)cc3)cc2)c2cccc(F)c2)c1. The lowest BCUT2D eigenvalue weighted by molar-refractivity contribution is 0.627. The monoisotopic (exact) mass is 672 g/mol. The number of anilines is 3. The number of hydrogen-bond acceptors (Lipinski definition) is 1. The highest BCUT2D eigenvalue weighted by Gasteiger charge is 2.19. The first-order valence-corrected chi connectivity index (χ1v) is 17.4. The van der Waals surface area contributed by atoms with Gasteiger partial charge in [-0.2, -0.15) is 0 Å². The summed E-state index contributed by atoms with van der Waals surface area (Å²) in [6.07, 6.45) is 0. The Morgan fingerprint density at radius 3 is 1.17 bits per heavy atom. The van der Waals surface area contributed by atoms with Crippen LogP contribution in [0.5, 0.6) is 0 Å². The van der Waals surface area contributed by atoms with Crippen molar-refractivity contribution < 1.29 is 8.78 Å². The molecule has 10 rings (SSSR count). The number of para-hydroxylation sites is 2. The van der Waals surface area contributed by atoms with Crippen LogP contribution in [0.25, 0.3) is 71.5 Å². The molecule has 10 aromatic rings. The summed E-state index contributed by atoms with van der Waals surface area (Å²) in [5, 5.41) is 5.11. The molecule has 0 bridgehead atoms. The summed E-state index contributed by atoms with van der Waals surface area (Å²) < 4.78 is 30.9. The number of halogens is 2. The molecule has 0 atom stereocenters. The molecule has 0 unspecified atom stereocenters. The molecular formula is C48H30F2N2. The average molecular weight is 673 g/mol. The predicted molar refractivity (Wildman–Crippen MR) is 212 cm³/mol. The average Bonchev–Trinajstić information content (AvgIpc) is 3.71. The highest BCUT2D eigenvalue weighted by atomic mass is 19.1. The van der Waals surface area contributed by atoms with Gasteiger partial charge in [-0.15, -0.1) is 0 Å². The van der Waals surface area contributed by atoms with E-state index in [9.17, 15) is 8.78 Å². The number of hydrogen-bond donors (Lipinski definition) is 0. The maximum Gasteiger partial charge on any atom is 0.125 e. The van der Waals surface area contributed by atoms with Crippen LogP contribution in [-0.2, 0) is 0 Å². The standard InChI is InChI=1S/C48H30F2N2/c49-37-7-5-9-40(29-37)51(41-10-6-8-38(50)30-41)39-25-23-34(24-26-39)33-17-15-31(16-18-33)32-19-21-35(22-20-32)36-27-44-42-11-1-3-13-46(42)52-47-14-4-2-12-43(47)45(28-36)48(44)52/h1-30H. The molecule has 0 aliphatic carbocycles. The lowest BCUT2D eigenvalue weighted by Crippen LogP contribution is -2.10. The zero-order chi connectivity index (χ0) is 34.8. The van der Waals surface area contributed by atoms with Crippen molar-refractivity contribution in [3.8, 4) is 33.4 Å². The molecular weight excluding hydrogens is 643 g/mol. The number of benzene rings is 8. The highest BCUT2D eigenvalue weighted by molar-refractivity contribution is 6.24. The van der Waals surface area contributed by atoms with Gasteiger partial charge in [0.05, 0.1) is 16.6 Å². The van der Waals surface area contributed by atoms with Crippen molar-refractivity contribution in [2.45, 2.75) is 0 Å². The maximum atomic E-state index is 14.2. The van der Waals surface area contributed by atoms with Crippen LogP contribution in [0.2, 0.25) is 0 Å². The third-order valence-corrected chi connectivity index (χ3v) is 10.2. The number of fused-ring (bicyclic) bond motifs is 6. The van der Waals surface area contributed by atoms with Gasteiger partial charge in [0.1, 0.15) is 11.6 Å². The van der Waals surface area contributed by atoms with E-state index in [1.165, 1.54) is 73.5 Å². The van der Waals surface area contributed by atoms with Gasteiger partial charge >= 0.3 is 0 Å². The summed E-state index contributed by atoms with van der Waals surface area (Å²) in [7, 11) is 0. The van der Waals surface area contributed by atoms with E-state index in [4.69, 9.17) is 0 Å². The molecule has 52 heavy (non-hydrogen) atoms. The molecule has 0 N–H and O–H groups in total. The Labute approximate surface area is 299 Å². The van der Waals surface area contributed by atoms with Crippen LogP contribution in [-0.4, -0.2) is 4.40 Å². The molecule has 0 radical (unpaired) electrons. The minimum atomic E-state index is -0.351. The Morgan fingerprint density at radius 2 is 0.731 bits per heavy atom. The third-order valence-electron chi connectivity index (χ3n) is 10.2. The number of aromatic nitrogens is 1. The fourth-order valence-electron chi connectivity index (χ4n) is 7.81. The number of rotatable bonds is 6. The second-order valence-electron chi connectivity index (χ2n) is 13.3. The lowest BCUT2D eigenvalue weighted by Gasteiger charge is -2.25. The molecule has 246 valence electrons. The predicted octanol–water partition coefficient (Wildman–Crippen LogP) is 13.6. The van der Waals surface area contributed by atoms with Crippen molar-refractivity contribution in [2.75, 3.05) is 4.90 Å². The zero-order valence-electron chi connectivity index (χ0n) is 28.0. The minimum absolute atomic E-state index is 0.351. The van der Waals surface area contributed by atoms with Crippen molar-refractivity contribution >= 4 is 55.2 Å². The van der Waals surface area contributed by atoms with Crippen molar-refractivity contribution in [3.05, 3.63) is 194 Å². The topological polar surface area (TPSA) is 7.65 Å². The van der Waals surface area contributed by atoms with Gasteiger partial charge in [-0.1, -0.05) is 109 Å². The van der Waals surface area contributed by atoms with Crippen LogP contribution < -0.4 is 4.90 Å². The summed E-state index contributed by atoms with van der Waals surface area (Å²) in [6.45, 7) is 0. The first-order chi connectivity index (χ1) is 25.6. The zero-order valence-corrected chi connectivity index (χ0v) is 28.0. The van der Waals surface area contributed by atoms with Crippen molar-refractivity contribution in [1.82, 2.24) is 4.40 Å². The summed E-state index contributed by atoms with van der Waals surface area (Å²) in [5.74, 6) is -0.701. The molecule has 8 aromatic carbocycles. The van der Waals surface area contributed by atoms with Gasteiger partial charge in [-0.05, 0) is 106 Å². The van der Waals surface area contributed by atoms with E-state index < -0.39 is 0 Å². The van der Waals surface area contributed by atoms with Gasteiger partial charge < -0.3 is 9.30 Å². The third kappa shape index (κ3) is 4.91. The van der Waals surface area contributed by atoms with E-state index in [0.29, 0.717) is 11.4 Å². The smallest absolute Gasteiger partial charge is 0.125 e. The minimum Gasteiger partial charge on any atom is -0.310 e. The molecule has 0 spiro atoms. The van der Waals surface area contributed by atoms with Gasteiger partial charge in [-0.3, -0.25) is 0 Å². The normalized spacial score (nSPS) is 11.7. The van der Waals surface area contributed by atoms with E-state index in [-0.39, 0.29) is 11.6 Å². The van der Waals surface area contributed by atoms with Crippen LogP contribution in [0.4, 0.5) is 25.8 Å². The maximum absolute atomic E-state index is 14.2. The Bertz CT molecular complexity index is 2780. The van der Waals surface area contributed by atoms with Crippen molar-refractivity contribution in [1.29, 1.82) is 0 Å². The quantitative estimate of drug-likeness (QED) is 0.171. The summed E-state index contributed by atoms with van der Waals surface area (Å²) >= 11 is 0. The molecule has 0 aliphatic heterocycles. The summed E-state index contributed by atoms with van der Waals surface area (Å²) in [4.78, 5) is 1.85. The fourth-order valence-corrected chi connectivity index (χ4v) is 7.81. The second kappa shape index (κ2) is 11.9. The lowest BCUT2D eigenvalue weighted by atomic mass is 9.96. The molecule has 0 fully saturated rings. The number of nitrogens with zero attached hydrogens (tertiary/aromatic N) is 2. The molecule has 0 saturated carbocycles. The molecule has 2 nitrogen and oxygen atoms in total. The fraction of sp³-hybridized carbons (Fsp3) is 0. The largest absolute Gasteiger partial charge is 0.310 e. The van der Waals surface area contributed by atoms with Gasteiger partial charge in [0.25, 0.3) is 0 Å². The van der Waals surface area contributed by atoms with Gasteiger partial charge in [0.15, 0.2) is 0 Å². The van der Waals surface area contributed by atoms with Gasteiger partial charge in [0, 0.05) is 38.6 Å². The first kappa shape index (κ1) is 30.1. The molecule has 0 aliphatic rings. The molecule has 0 amide bonds. The Hall–Kier alpha value is -6.78. The van der Waals surface area contributed by atoms with Gasteiger partial charge in [-0.25, -0.2) is 8.78 Å².